The van der Waals surface area contributed by atoms with Gasteiger partial charge >= 0.3 is 0 Å². The Morgan fingerprint density at radius 3 is 2.69 bits per heavy atom. The van der Waals surface area contributed by atoms with Crippen LogP contribution in [0.4, 0.5) is 10.1 Å². The number of ketones is 1. The zero-order valence-corrected chi connectivity index (χ0v) is 14.9. The van der Waals surface area contributed by atoms with Gasteiger partial charge in [0.15, 0.2) is 5.78 Å². The van der Waals surface area contributed by atoms with Gasteiger partial charge in [0.2, 0.25) is 5.91 Å². The van der Waals surface area contributed by atoms with Crippen LogP contribution in [0.1, 0.15) is 35.7 Å². The van der Waals surface area contributed by atoms with Crippen molar-refractivity contribution in [1.29, 1.82) is 0 Å². The van der Waals surface area contributed by atoms with Gasteiger partial charge in [0, 0.05) is 24.3 Å². The van der Waals surface area contributed by atoms with Crippen molar-refractivity contribution in [2.45, 2.75) is 26.3 Å². The summed E-state index contributed by atoms with van der Waals surface area (Å²) in [4.78, 5) is 26.3. The Hall–Kier alpha value is -2.53. The first-order valence-electron chi connectivity index (χ1n) is 8.90. The molecule has 1 aliphatic heterocycles. The van der Waals surface area contributed by atoms with E-state index in [1.165, 1.54) is 19.1 Å². The van der Waals surface area contributed by atoms with Crippen molar-refractivity contribution in [2.24, 2.45) is 5.92 Å². The van der Waals surface area contributed by atoms with E-state index in [0.29, 0.717) is 24.3 Å². The summed E-state index contributed by atoms with van der Waals surface area (Å²) in [5.41, 5.74) is 2.28. The Morgan fingerprint density at radius 1 is 1.19 bits per heavy atom. The molecule has 2 aromatic carbocycles. The van der Waals surface area contributed by atoms with Crippen LogP contribution >= 0.6 is 0 Å². The van der Waals surface area contributed by atoms with Crippen molar-refractivity contribution in [1.82, 2.24) is 4.90 Å². The summed E-state index contributed by atoms with van der Waals surface area (Å²) in [7, 11) is 0. The first kappa shape index (κ1) is 18.3. The zero-order chi connectivity index (χ0) is 18.5. The third kappa shape index (κ3) is 4.76. The van der Waals surface area contributed by atoms with E-state index in [1.54, 1.807) is 36.4 Å². The molecule has 1 aliphatic rings. The van der Waals surface area contributed by atoms with Crippen molar-refractivity contribution in [3.05, 3.63) is 65.5 Å². The average Bonchev–Trinajstić information content (AvgIpc) is 2.64. The number of anilines is 1. The normalized spacial score (nSPS) is 17.7. The fourth-order valence-electron chi connectivity index (χ4n) is 3.32. The van der Waals surface area contributed by atoms with Crippen LogP contribution in [0, 0.1) is 11.7 Å². The van der Waals surface area contributed by atoms with Crippen molar-refractivity contribution < 1.29 is 14.0 Å². The van der Waals surface area contributed by atoms with Crippen LogP contribution < -0.4 is 5.32 Å². The minimum atomic E-state index is -0.238. The van der Waals surface area contributed by atoms with Gasteiger partial charge in [-0.25, -0.2) is 4.39 Å². The van der Waals surface area contributed by atoms with Crippen LogP contribution in [-0.4, -0.2) is 29.7 Å². The smallest absolute Gasteiger partial charge is 0.228 e. The van der Waals surface area contributed by atoms with Crippen LogP contribution in [-0.2, 0) is 11.3 Å². The minimum absolute atomic E-state index is 0.0190. The highest BCUT2D eigenvalue weighted by molar-refractivity contribution is 5.97. The number of piperidine rings is 1. The topological polar surface area (TPSA) is 49.4 Å². The molecule has 0 aliphatic carbocycles. The average molecular weight is 354 g/mol. The molecule has 0 spiro atoms. The third-order valence-corrected chi connectivity index (χ3v) is 4.73. The van der Waals surface area contributed by atoms with Gasteiger partial charge in [-0.1, -0.05) is 24.3 Å². The number of nitrogens with one attached hydrogen (secondary N) is 1. The minimum Gasteiger partial charge on any atom is -0.326 e. The molecule has 136 valence electrons. The van der Waals surface area contributed by atoms with Gasteiger partial charge in [-0.2, -0.15) is 0 Å². The second kappa shape index (κ2) is 8.23. The molecular weight excluding hydrogens is 331 g/mol. The molecule has 1 amide bonds. The molecule has 0 aromatic heterocycles. The molecule has 1 heterocycles. The quantitative estimate of drug-likeness (QED) is 0.829. The fourth-order valence-corrected chi connectivity index (χ4v) is 3.32. The Morgan fingerprint density at radius 2 is 1.96 bits per heavy atom. The van der Waals surface area contributed by atoms with E-state index in [1.807, 2.05) is 0 Å². The summed E-state index contributed by atoms with van der Waals surface area (Å²) in [5.74, 6) is -0.374. The predicted octanol–water partition coefficient (Wildman–Crippen LogP) is 3.88. The molecule has 4 nitrogen and oxygen atoms in total. The number of benzene rings is 2. The van der Waals surface area contributed by atoms with Gasteiger partial charge in [0.1, 0.15) is 5.82 Å². The van der Waals surface area contributed by atoms with E-state index in [4.69, 9.17) is 0 Å². The molecule has 0 saturated carbocycles. The predicted molar refractivity (Wildman–Crippen MR) is 99.5 cm³/mol. The van der Waals surface area contributed by atoms with Gasteiger partial charge < -0.3 is 5.32 Å². The van der Waals surface area contributed by atoms with Crippen LogP contribution in [0.2, 0.25) is 0 Å². The number of rotatable bonds is 5. The Kier molecular flexibility index (Phi) is 5.78. The molecule has 1 N–H and O–H groups in total. The van der Waals surface area contributed by atoms with E-state index in [2.05, 4.69) is 10.2 Å². The van der Waals surface area contributed by atoms with Gasteiger partial charge in [-0.15, -0.1) is 0 Å². The maximum atomic E-state index is 13.0. The number of hydrogen-bond donors (Lipinski definition) is 1. The summed E-state index contributed by atoms with van der Waals surface area (Å²) >= 11 is 0. The van der Waals surface area contributed by atoms with Gasteiger partial charge in [-0.05, 0) is 56.1 Å². The van der Waals surface area contributed by atoms with Gasteiger partial charge in [0.05, 0.1) is 5.92 Å². The van der Waals surface area contributed by atoms with E-state index in [-0.39, 0.29) is 23.4 Å². The molecule has 1 fully saturated rings. The number of hydrogen-bond acceptors (Lipinski definition) is 3. The molecule has 0 bridgehead atoms. The number of carbonyl (C=O) groups is 2. The van der Waals surface area contributed by atoms with Crippen molar-refractivity contribution >= 4 is 17.4 Å². The highest BCUT2D eigenvalue weighted by atomic mass is 19.1. The Bertz CT molecular complexity index is 789. The highest BCUT2D eigenvalue weighted by Gasteiger charge is 2.26. The third-order valence-electron chi connectivity index (χ3n) is 4.73. The zero-order valence-electron chi connectivity index (χ0n) is 14.9. The molecule has 2 aromatic rings. The van der Waals surface area contributed by atoms with E-state index in [9.17, 15) is 14.0 Å². The molecule has 3 rings (SSSR count). The second-order valence-electron chi connectivity index (χ2n) is 6.83. The largest absolute Gasteiger partial charge is 0.326 e. The lowest BCUT2D eigenvalue weighted by atomic mass is 9.96. The summed E-state index contributed by atoms with van der Waals surface area (Å²) in [6.45, 7) is 3.83. The maximum Gasteiger partial charge on any atom is 0.228 e. The molecule has 0 radical (unpaired) electrons. The van der Waals surface area contributed by atoms with Crippen LogP contribution in [0.15, 0.2) is 48.5 Å². The molecule has 0 unspecified atom stereocenters. The van der Waals surface area contributed by atoms with Gasteiger partial charge in [-0.3, -0.25) is 14.5 Å². The van der Waals surface area contributed by atoms with Gasteiger partial charge in [0.25, 0.3) is 0 Å². The fraction of sp³-hybridized carbons (Fsp3) is 0.333. The Balaban J connectivity index is 1.60. The number of Topliss-reactive ketones (excluding diaryl/α,β-unsaturated/α-hetero) is 1. The van der Waals surface area contributed by atoms with Crippen molar-refractivity contribution in [3.63, 3.8) is 0 Å². The SMILES string of the molecule is CC(=O)c1cccc(NC(=O)[C@H]2CCCN(Cc3ccc(F)cc3)C2)c1. The summed E-state index contributed by atoms with van der Waals surface area (Å²) < 4.78 is 13.0. The van der Waals surface area contributed by atoms with Crippen molar-refractivity contribution in [3.8, 4) is 0 Å². The van der Waals surface area contributed by atoms with E-state index >= 15 is 0 Å². The first-order chi connectivity index (χ1) is 12.5. The standard InChI is InChI=1S/C21H23FN2O2/c1-15(25)17-4-2-6-20(12-17)23-21(26)18-5-3-11-24(14-18)13-16-7-9-19(22)10-8-16/h2,4,6-10,12,18H,3,5,11,13-14H2,1H3,(H,23,26)/t18-/m0/s1. The second-order valence-corrected chi connectivity index (χ2v) is 6.83. The van der Waals surface area contributed by atoms with Crippen LogP contribution in [0.3, 0.4) is 0 Å². The lowest BCUT2D eigenvalue weighted by Crippen LogP contribution is -2.40. The summed E-state index contributed by atoms with van der Waals surface area (Å²) in [6, 6.07) is 13.5. The van der Waals surface area contributed by atoms with E-state index in [0.717, 1.165) is 24.9 Å². The molecule has 1 atom stereocenters. The highest BCUT2D eigenvalue weighted by Crippen LogP contribution is 2.21. The lowest BCUT2D eigenvalue weighted by molar-refractivity contribution is -0.121. The number of likely N-dealkylation sites (tertiary alicyclic amines) is 1. The monoisotopic (exact) mass is 354 g/mol. The number of amides is 1. The molecular formula is C21H23FN2O2. The Labute approximate surface area is 153 Å². The first-order valence-corrected chi connectivity index (χ1v) is 8.90. The number of carbonyl (C=O) groups excluding carboxylic acids is 2. The summed E-state index contributed by atoms with van der Waals surface area (Å²) in [5, 5.41) is 2.93. The van der Waals surface area contributed by atoms with E-state index < -0.39 is 0 Å². The summed E-state index contributed by atoms with van der Waals surface area (Å²) in [6.07, 6.45) is 1.80. The number of nitrogens with zero attached hydrogens (tertiary/aromatic N) is 1. The van der Waals surface area contributed by atoms with Crippen LogP contribution in [0.5, 0.6) is 0 Å². The molecule has 5 heteroatoms. The van der Waals surface area contributed by atoms with Crippen molar-refractivity contribution in [2.75, 3.05) is 18.4 Å². The molecule has 26 heavy (non-hydrogen) atoms. The number of halogens is 1. The lowest BCUT2D eigenvalue weighted by Gasteiger charge is -2.32. The molecule has 1 saturated heterocycles. The maximum absolute atomic E-state index is 13.0. The van der Waals surface area contributed by atoms with Crippen LogP contribution in [0.25, 0.3) is 0 Å².